The summed E-state index contributed by atoms with van der Waals surface area (Å²) in [5, 5.41) is 10.5. The first kappa shape index (κ1) is 18.8. The van der Waals surface area contributed by atoms with E-state index in [2.05, 4.69) is 15.5 Å². The maximum atomic E-state index is 13.5. The summed E-state index contributed by atoms with van der Waals surface area (Å²) in [7, 11) is 0. The molecule has 0 spiro atoms. The lowest BCUT2D eigenvalue weighted by Gasteiger charge is -2.26. The molecule has 0 unspecified atom stereocenters. The predicted octanol–water partition coefficient (Wildman–Crippen LogP) is 4.08. The average molecular weight is 403 g/mol. The monoisotopic (exact) mass is 402 g/mol. The van der Waals surface area contributed by atoms with Gasteiger partial charge in [-0.15, -0.1) is 10.2 Å². The van der Waals surface area contributed by atoms with E-state index in [-0.39, 0.29) is 5.82 Å². The summed E-state index contributed by atoms with van der Waals surface area (Å²) in [5.74, 6) is 0.508. The first-order chi connectivity index (χ1) is 12.3. The molecule has 0 radical (unpaired) electrons. The molecular formula is C16H14ClF3N4OS. The third-order valence-electron chi connectivity index (χ3n) is 3.70. The molecule has 1 saturated heterocycles. The number of rotatable bonds is 3. The second-order valence-electron chi connectivity index (χ2n) is 5.53. The highest BCUT2D eigenvalue weighted by molar-refractivity contribution is 7.99. The van der Waals surface area contributed by atoms with E-state index in [1.807, 2.05) is 0 Å². The van der Waals surface area contributed by atoms with Gasteiger partial charge in [0, 0.05) is 35.3 Å². The molecule has 0 bridgehead atoms. The van der Waals surface area contributed by atoms with Crippen LogP contribution < -0.4 is 5.32 Å². The van der Waals surface area contributed by atoms with Crippen LogP contribution in [0.25, 0.3) is 0 Å². The summed E-state index contributed by atoms with van der Waals surface area (Å²) >= 11 is 7.51. The fraction of sp³-hybridized carbons (Fsp3) is 0.312. The van der Waals surface area contributed by atoms with Crippen LogP contribution in [0.4, 0.5) is 24.7 Å². The Balaban J connectivity index is 1.92. The number of aromatic nitrogens is 2. The van der Waals surface area contributed by atoms with Crippen LogP contribution in [0.1, 0.15) is 16.1 Å². The van der Waals surface area contributed by atoms with E-state index in [0.717, 1.165) is 6.07 Å². The molecule has 1 fully saturated rings. The number of benzene rings is 1. The fourth-order valence-electron chi connectivity index (χ4n) is 2.46. The minimum Gasteiger partial charge on any atom is -0.339 e. The van der Waals surface area contributed by atoms with Gasteiger partial charge in [-0.1, -0.05) is 17.7 Å². The van der Waals surface area contributed by atoms with Gasteiger partial charge in [0.2, 0.25) is 0 Å². The van der Waals surface area contributed by atoms with Crippen LogP contribution >= 0.6 is 23.4 Å². The quantitative estimate of drug-likeness (QED) is 0.838. The summed E-state index contributed by atoms with van der Waals surface area (Å²) in [5.41, 5.74) is -1.33. The second-order valence-corrected chi connectivity index (χ2v) is 7.19. The zero-order valence-corrected chi connectivity index (χ0v) is 15.0. The third-order valence-corrected chi connectivity index (χ3v) is 4.87. The molecule has 10 heteroatoms. The van der Waals surface area contributed by atoms with Crippen molar-refractivity contribution in [3.63, 3.8) is 0 Å². The van der Waals surface area contributed by atoms with Crippen molar-refractivity contribution in [1.29, 1.82) is 0 Å². The molecule has 1 amide bonds. The van der Waals surface area contributed by atoms with E-state index in [1.54, 1.807) is 36.0 Å². The van der Waals surface area contributed by atoms with Gasteiger partial charge in [0.15, 0.2) is 11.5 Å². The van der Waals surface area contributed by atoms with E-state index in [1.165, 1.54) is 4.90 Å². The number of amides is 1. The Morgan fingerprint density at radius 1 is 1.19 bits per heavy atom. The normalized spacial score (nSPS) is 15.0. The van der Waals surface area contributed by atoms with E-state index < -0.39 is 23.3 Å². The lowest BCUT2D eigenvalue weighted by Crippen LogP contribution is -2.39. The van der Waals surface area contributed by atoms with Crippen molar-refractivity contribution in [3.05, 3.63) is 46.6 Å². The fourth-order valence-corrected chi connectivity index (χ4v) is 3.55. The Labute approximate surface area is 156 Å². The molecule has 0 atom stereocenters. The summed E-state index contributed by atoms with van der Waals surface area (Å²) < 4.78 is 40.4. The molecule has 2 heterocycles. The number of halogens is 4. The van der Waals surface area contributed by atoms with Gasteiger partial charge in [-0.2, -0.15) is 24.9 Å². The highest BCUT2D eigenvalue weighted by Crippen LogP contribution is 2.33. The first-order valence-corrected chi connectivity index (χ1v) is 9.22. The second kappa shape index (κ2) is 7.71. The minimum absolute atomic E-state index is 0.120. The number of nitrogens with zero attached hydrogens (tertiary/aromatic N) is 3. The van der Waals surface area contributed by atoms with E-state index in [0.29, 0.717) is 35.3 Å². The largest absolute Gasteiger partial charge is 0.418 e. The highest BCUT2D eigenvalue weighted by Gasteiger charge is 2.38. The van der Waals surface area contributed by atoms with Gasteiger partial charge in [0.05, 0.1) is 5.56 Å². The van der Waals surface area contributed by atoms with Crippen LogP contribution in [0.5, 0.6) is 0 Å². The highest BCUT2D eigenvalue weighted by atomic mass is 35.5. The maximum Gasteiger partial charge on any atom is 0.418 e. The molecular weight excluding hydrogens is 389 g/mol. The number of carbonyl (C=O) groups excluding carboxylic acids is 1. The average Bonchev–Trinajstić information content (AvgIpc) is 2.61. The van der Waals surface area contributed by atoms with Gasteiger partial charge < -0.3 is 10.2 Å². The standard InChI is InChI=1S/C16H14ClF3N4OS/c17-10-2-1-3-11(8-10)21-13-9-12(16(18,19)20)14(23-22-13)15(25)24-4-6-26-7-5-24/h1-3,8-9H,4-7H2,(H,21,22). The molecule has 1 aliphatic rings. The van der Waals surface area contributed by atoms with Gasteiger partial charge in [-0.3, -0.25) is 4.79 Å². The predicted molar refractivity (Wildman–Crippen MR) is 95.0 cm³/mol. The van der Waals surface area contributed by atoms with Crippen LogP contribution in [-0.2, 0) is 6.18 Å². The Bertz CT molecular complexity index is 812. The number of nitrogens with one attached hydrogen (secondary N) is 1. The van der Waals surface area contributed by atoms with Gasteiger partial charge in [-0.05, 0) is 24.3 Å². The lowest BCUT2D eigenvalue weighted by molar-refractivity contribution is -0.138. The number of alkyl halides is 3. The van der Waals surface area contributed by atoms with Crippen LogP contribution in [0.2, 0.25) is 5.02 Å². The van der Waals surface area contributed by atoms with Crippen LogP contribution in [0.3, 0.4) is 0 Å². The Morgan fingerprint density at radius 2 is 1.92 bits per heavy atom. The van der Waals surface area contributed by atoms with Crippen LogP contribution in [0, 0.1) is 0 Å². The Hall–Kier alpha value is -2.00. The van der Waals surface area contributed by atoms with Crippen molar-refractivity contribution < 1.29 is 18.0 Å². The van der Waals surface area contributed by atoms with Crippen molar-refractivity contribution in [3.8, 4) is 0 Å². The maximum absolute atomic E-state index is 13.5. The first-order valence-electron chi connectivity index (χ1n) is 7.69. The minimum atomic E-state index is -4.73. The van der Waals surface area contributed by atoms with Gasteiger partial charge >= 0.3 is 6.18 Å². The number of thioether (sulfide) groups is 1. The van der Waals surface area contributed by atoms with E-state index in [9.17, 15) is 18.0 Å². The van der Waals surface area contributed by atoms with Crippen molar-refractivity contribution in [1.82, 2.24) is 15.1 Å². The Kier molecular flexibility index (Phi) is 5.57. The van der Waals surface area contributed by atoms with Crippen LogP contribution in [0.15, 0.2) is 30.3 Å². The van der Waals surface area contributed by atoms with E-state index >= 15 is 0 Å². The molecule has 1 aromatic carbocycles. The topological polar surface area (TPSA) is 58.1 Å². The number of hydrogen-bond acceptors (Lipinski definition) is 5. The summed E-state index contributed by atoms with van der Waals surface area (Å²) in [6, 6.07) is 7.25. The van der Waals surface area contributed by atoms with Crippen molar-refractivity contribution in [2.24, 2.45) is 0 Å². The summed E-state index contributed by atoms with van der Waals surface area (Å²) in [6.07, 6.45) is -4.73. The van der Waals surface area contributed by atoms with Gasteiger partial charge in [-0.25, -0.2) is 0 Å². The lowest BCUT2D eigenvalue weighted by atomic mass is 10.1. The van der Waals surface area contributed by atoms with Gasteiger partial charge in [0.25, 0.3) is 5.91 Å². The van der Waals surface area contributed by atoms with Crippen LogP contribution in [-0.4, -0.2) is 45.6 Å². The molecule has 1 N–H and O–H groups in total. The molecule has 1 aliphatic heterocycles. The van der Waals surface area contributed by atoms with Gasteiger partial charge in [0.1, 0.15) is 0 Å². The molecule has 138 valence electrons. The molecule has 1 aromatic heterocycles. The SMILES string of the molecule is O=C(c1nnc(Nc2cccc(Cl)c2)cc1C(F)(F)F)N1CCSCC1. The molecule has 0 saturated carbocycles. The van der Waals surface area contributed by atoms with Crippen molar-refractivity contribution in [2.75, 3.05) is 29.9 Å². The summed E-state index contributed by atoms with van der Waals surface area (Å²) in [6.45, 7) is 0.788. The zero-order valence-electron chi connectivity index (χ0n) is 13.4. The van der Waals surface area contributed by atoms with E-state index in [4.69, 9.17) is 11.6 Å². The van der Waals surface area contributed by atoms with Crippen molar-refractivity contribution >= 4 is 40.8 Å². The summed E-state index contributed by atoms with van der Waals surface area (Å²) in [4.78, 5) is 13.8. The smallest absolute Gasteiger partial charge is 0.339 e. The number of hydrogen-bond donors (Lipinski definition) is 1. The molecule has 5 nitrogen and oxygen atoms in total. The van der Waals surface area contributed by atoms with Crippen molar-refractivity contribution in [2.45, 2.75) is 6.18 Å². The molecule has 0 aliphatic carbocycles. The molecule has 3 rings (SSSR count). The zero-order chi connectivity index (χ0) is 18.7. The third kappa shape index (κ3) is 4.39. The molecule has 2 aromatic rings. The Morgan fingerprint density at radius 3 is 2.58 bits per heavy atom. The number of anilines is 2. The number of carbonyl (C=O) groups is 1. The molecule has 26 heavy (non-hydrogen) atoms.